The number of hydrogen-bond donors (Lipinski definition) is 0. The van der Waals surface area contributed by atoms with Crippen LogP contribution in [0.4, 0.5) is 8.78 Å². The van der Waals surface area contributed by atoms with E-state index in [1.807, 2.05) is 0 Å². The monoisotopic (exact) mass is 199 g/mol. The Hall–Kier alpha value is -1.12. The van der Waals surface area contributed by atoms with Crippen LogP contribution in [0.3, 0.4) is 0 Å². The van der Waals surface area contributed by atoms with E-state index in [0.717, 1.165) is 6.07 Å². The predicted molar refractivity (Wildman–Crippen MR) is 50.0 cm³/mol. The zero-order chi connectivity index (χ0) is 9.68. The van der Waals surface area contributed by atoms with Gasteiger partial charge >= 0.3 is 0 Å². The van der Waals surface area contributed by atoms with Gasteiger partial charge in [-0.2, -0.15) is 0 Å². The summed E-state index contributed by atoms with van der Waals surface area (Å²) in [6, 6.07) is 3.49. The molecular weight excluding hydrogens is 192 g/mol. The van der Waals surface area contributed by atoms with Gasteiger partial charge in [-0.3, -0.25) is 0 Å². The molecule has 0 saturated carbocycles. The lowest BCUT2D eigenvalue weighted by Gasteiger charge is -1.99. The number of rotatable bonds is 3. The van der Waals surface area contributed by atoms with Crippen molar-refractivity contribution in [1.82, 2.24) is 0 Å². The second kappa shape index (κ2) is 4.80. The number of nitrogens with zero attached hydrogens (tertiary/aromatic N) is 1. The zero-order valence-corrected chi connectivity index (χ0v) is 7.57. The van der Waals surface area contributed by atoms with Gasteiger partial charge in [0.1, 0.15) is 11.6 Å². The third-order valence-electron chi connectivity index (χ3n) is 1.57. The van der Waals surface area contributed by atoms with Crippen molar-refractivity contribution in [2.45, 2.75) is 6.42 Å². The van der Waals surface area contributed by atoms with Crippen molar-refractivity contribution in [3.8, 4) is 0 Å². The number of halogens is 2. The summed E-state index contributed by atoms with van der Waals surface area (Å²) < 4.78 is 25.4. The van der Waals surface area contributed by atoms with Crippen molar-refractivity contribution in [3.63, 3.8) is 0 Å². The van der Waals surface area contributed by atoms with E-state index >= 15 is 0 Å². The standard InChI is InChI=1S/C9H7F2NS/c10-8-2-1-7(9(11)5-8)3-4-12-6-13/h1-2,5H,3-4H2. The van der Waals surface area contributed by atoms with Crippen molar-refractivity contribution in [2.75, 3.05) is 6.54 Å². The third kappa shape index (κ3) is 3.01. The van der Waals surface area contributed by atoms with Gasteiger partial charge in [-0.15, -0.1) is 0 Å². The molecule has 0 radical (unpaired) electrons. The van der Waals surface area contributed by atoms with E-state index in [-0.39, 0.29) is 0 Å². The van der Waals surface area contributed by atoms with Gasteiger partial charge in [-0.1, -0.05) is 6.07 Å². The first-order valence-electron chi connectivity index (χ1n) is 3.71. The zero-order valence-electron chi connectivity index (χ0n) is 6.76. The Kier molecular flexibility index (Phi) is 3.68. The minimum absolute atomic E-state index is 0.381. The molecule has 0 bridgehead atoms. The number of benzene rings is 1. The molecule has 1 aromatic rings. The van der Waals surface area contributed by atoms with E-state index in [1.54, 1.807) is 0 Å². The van der Waals surface area contributed by atoms with Gasteiger partial charge in [0.15, 0.2) is 0 Å². The molecule has 0 aliphatic rings. The van der Waals surface area contributed by atoms with Crippen molar-refractivity contribution in [2.24, 2.45) is 4.99 Å². The lowest BCUT2D eigenvalue weighted by Crippen LogP contribution is -1.94. The third-order valence-corrected chi connectivity index (χ3v) is 1.70. The highest BCUT2D eigenvalue weighted by Crippen LogP contribution is 2.09. The molecule has 0 aliphatic carbocycles. The number of isothiocyanates is 1. The lowest BCUT2D eigenvalue weighted by molar-refractivity contribution is 0.572. The first kappa shape index (κ1) is 9.96. The normalized spacial score (nSPS) is 9.38. The maximum atomic E-state index is 12.9. The Morgan fingerprint density at radius 2 is 2.15 bits per heavy atom. The summed E-state index contributed by atoms with van der Waals surface area (Å²) in [7, 11) is 0. The van der Waals surface area contributed by atoms with Gasteiger partial charge in [0, 0.05) is 6.07 Å². The Morgan fingerprint density at radius 3 is 2.77 bits per heavy atom. The number of hydrogen-bond acceptors (Lipinski definition) is 2. The number of thiocarbonyl (C=S) groups is 1. The van der Waals surface area contributed by atoms with Crippen LogP contribution < -0.4 is 0 Å². The van der Waals surface area contributed by atoms with Crippen LogP contribution in [0.1, 0.15) is 5.56 Å². The van der Waals surface area contributed by atoms with Gasteiger partial charge < -0.3 is 0 Å². The Balaban J connectivity index is 2.71. The lowest BCUT2D eigenvalue weighted by atomic mass is 10.1. The topological polar surface area (TPSA) is 12.4 Å². The molecule has 4 heteroatoms. The van der Waals surface area contributed by atoms with Crippen LogP contribution >= 0.6 is 12.2 Å². The van der Waals surface area contributed by atoms with E-state index in [2.05, 4.69) is 22.4 Å². The Labute approximate surface area is 80.1 Å². The van der Waals surface area contributed by atoms with Gasteiger partial charge in [-0.25, -0.2) is 13.8 Å². The molecular formula is C9H7F2NS. The van der Waals surface area contributed by atoms with Gasteiger partial charge in [0.2, 0.25) is 0 Å². The molecule has 1 rings (SSSR count). The largest absolute Gasteiger partial charge is 0.232 e. The highest BCUT2D eigenvalue weighted by molar-refractivity contribution is 7.78. The van der Waals surface area contributed by atoms with Crippen molar-refractivity contribution < 1.29 is 8.78 Å². The minimum Gasteiger partial charge on any atom is -0.232 e. The maximum absolute atomic E-state index is 12.9. The van der Waals surface area contributed by atoms with Crippen LogP contribution in [0, 0.1) is 11.6 Å². The average Bonchev–Trinajstić information content (AvgIpc) is 2.09. The van der Waals surface area contributed by atoms with E-state index < -0.39 is 11.6 Å². The van der Waals surface area contributed by atoms with Crippen molar-refractivity contribution in [3.05, 3.63) is 35.4 Å². The van der Waals surface area contributed by atoms with E-state index in [1.165, 1.54) is 12.1 Å². The van der Waals surface area contributed by atoms with Crippen molar-refractivity contribution in [1.29, 1.82) is 0 Å². The molecule has 0 spiro atoms. The van der Waals surface area contributed by atoms with Crippen LogP contribution in [0.15, 0.2) is 23.2 Å². The molecule has 0 fully saturated rings. The molecule has 0 atom stereocenters. The van der Waals surface area contributed by atoms with Gasteiger partial charge in [0.05, 0.1) is 11.7 Å². The first-order chi connectivity index (χ1) is 6.24. The van der Waals surface area contributed by atoms with Crippen molar-refractivity contribution >= 4 is 17.4 Å². The van der Waals surface area contributed by atoms with E-state index in [9.17, 15) is 8.78 Å². The summed E-state index contributed by atoms with van der Waals surface area (Å²) in [4.78, 5) is 3.64. The Morgan fingerprint density at radius 1 is 1.38 bits per heavy atom. The van der Waals surface area contributed by atoms with Crippen LogP contribution in [0.5, 0.6) is 0 Å². The number of aliphatic imine (C=N–C) groups is 1. The molecule has 13 heavy (non-hydrogen) atoms. The highest BCUT2D eigenvalue weighted by Gasteiger charge is 2.02. The van der Waals surface area contributed by atoms with Crippen LogP contribution in [0.2, 0.25) is 0 Å². The molecule has 0 aliphatic heterocycles. The smallest absolute Gasteiger partial charge is 0.129 e. The summed E-state index contributed by atoms with van der Waals surface area (Å²) in [5, 5.41) is 2.18. The summed E-state index contributed by atoms with van der Waals surface area (Å²) in [5.74, 6) is -1.11. The molecule has 0 heterocycles. The molecule has 0 saturated heterocycles. The highest BCUT2D eigenvalue weighted by atomic mass is 32.1. The summed E-state index contributed by atoms with van der Waals surface area (Å²) in [6.07, 6.45) is 0.412. The quantitative estimate of drug-likeness (QED) is 0.538. The fourth-order valence-corrected chi connectivity index (χ4v) is 1.04. The van der Waals surface area contributed by atoms with Crippen LogP contribution in [-0.4, -0.2) is 11.7 Å². The molecule has 1 nitrogen and oxygen atoms in total. The minimum atomic E-state index is -0.570. The summed E-state index contributed by atoms with van der Waals surface area (Å²) >= 11 is 4.35. The fraction of sp³-hybridized carbons (Fsp3) is 0.222. The SMILES string of the molecule is Fc1ccc(CCN=C=S)c(F)c1. The molecule has 0 N–H and O–H groups in total. The van der Waals surface area contributed by atoms with Gasteiger partial charge in [-0.05, 0) is 30.3 Å². The second-order valence-corrected chi connectivity index (χ2v) is 2.64. The molecule has 0 aromatic heterocycles. The van der Waals surface area contributed by atoms with Crippen LogP contribution in [-0.2, 0) is 6.42 Å². The molecule has 0 amide bonds. The molecule has 1 aromatic carbocycles. The van der Waals surface area contributed by atoms with Gasteiger partial charge in [0.25, 0.3) is 0 Å². The molecule has 0 unspecified atom stereocenters. The van der Waals surface area contributed by atoms with E-state index in [4.69, 9.17) is 0 Å². The molecule has 68 valence electrons. The fourth-order valence-electron chi connectivity index (χ4n) is 0.946. The average molecular weight is 199 g/mol. The second-order valence-electron chi connectivity index (χ2n) is 2.46. The summed E-state index contributed by atoms with van der Waals surface area (Å²) in [6.45, 7) is 0.381. The maximum Gasteiger partial charge on any atom is 0.129 e. The first-order valence-corrected chi connectivity index (χ1v) is 4.12. The van der Waals surface area contributed by atoms with Crippen LogP contribution in [0.25, 0.3) is 0 Å². The summed E-state index contributed by atoms with van der Waals surface area (Å²) in [5.41, 5.74) is 0.440. The Bertz CT molecular complexity index is 345. The van der Waals surface area contributed by atoms with E-state index in [0.29, 0.717) is 18.5 Å². The predicted octanol–water partition coefficient (Wildman–Crippen LogP) is 2.61.